The molecule has 0 saturated carbocycles. The number of thiocarbonyl (C=S) groups is 1. The maximum absolute atomic E-state index is 12.6. The predicted molar refractivity (Wildman–Crippen MR) is 105 cm³/mol. The van der Waals surface area contributed by atoms with Gasteiger partial charge in [-0.25, -0.2) is 14.6 Å². The molecule has 0 aromatic heterocycles. The van der Waals surface area contributed by atoms with Gasteiger partial charge in [0, 0.05) is 25.3 Å². The lowest BCUT2D eigenvalue weighted by molar-refractivity contribution is 0.0526. The zero-order chi connectivity index (χ0) is 19.1. The van der Waals surface area contributed by atoms with Gasteiger partial charge >= 0.3 is 12.0 Å². The number of carbonyl (C=O) groups excluding carboxylic acids is 2. The normalized spacial score (nSPS) is 13.3. The summed E-state index contributed by atoms with van der Waals surface area (Å²) in [4.78, 5) is 24.4. The molecule has 1 aromatic rings. The van der Waals surface area contributed by atoms with Gasteiger partial charge in [-0.15, -0.1) is 0 Å². The number of hydrogen-bond acceptors (Lipinski definition) is 4. The van der Waals surface area contributed by atoms with Gasteiger partial charge < -0.3 is 15.4 Å². The molecule has 0 unspecified atom stereocenters. The Balaban J connectivity index is 2.02. The highest BCUT2D eigenvalue weighted by molar-refractivity contribution is 7.80. The first-order valence-corrected chi connectivity index (χ1v) is 8.88. The van der Waals surface area contributed by atoms with E-state index in [2.05, 4.69) is 17.2 Å². The van der Waals surface area contributed by atoms with Gasteiger partial charge in [-0.05, 0) is 50.7 Å². The van der Waals surface area contributed by atoms with Crippen LogP contribution in [-0.4, -0.2) is 53.4 Å². The van der Waals surface area contributed by atoms with E-state index < -0.39 is 5.97 Å². The van der Waals surface area contributed by atoms with Crippen LogP contribution in [0.15, 0.2) is 36.4 Å². The second-order valence-corrected chi connectivity index (χ2v) is 6.33. The van der Waals surface area contributed by atoms with Crippen molar-refractivity contribution in [3.63, 3.8) is 0 Å². The van der Waals surface area contributed by atoms with Gasteiger partial charge in [-0.3, -0.25) is 5.01 Å². The van der Waals surface area contributed by atoms with Crippen LogP contribution in [0.5, 0.6) is 0 Å². The Morgan fingerprint density at radius 1 is 1.31 bits per heavy atom. The number of benzene rings is 1. The molecule has 1 fully saturated rings. The lowest BCUT2D eigenvalue weighted by atomic mass is 10.2. The molecule has 7 nitrogen and oxygen atoms in total. The highest BCUT2D eigenvalue weighted by atomic mass is 32.1. The molecular formula is C18H24N4O3S. The third-order valence-corrected chi connectivity index (χ3v) is 4.02. The minimum absolute atomic E-state index is 0.298. The lowest BCUT2D eigenvalue weighted by Gasteiger charge is -2.30. The van der Waals surface area contributed by atoms with Gasteiger partial charge in [-0.1, -0.05) is 18.2 Å². The van der Waals surface area contributed by atoms with E-state index >= 15 is 0 Å². The fraction of sp³-hybridized carbons (Fsp3) is 0.389. The summed E-state index contributed by atoms with van der Waals surface area (Å²) in [5.74, 6) is -0.420. The van der Waals surface area contributed by atoms with Gasteiger partial charge in [0.2, 0.25) is 0 Å². The number of nitrogens with zero attached hydrogens (tertiary/aromatic N) is 2. The van der Waals surface area contributed by atoms with Crippen molar-refractivity contribution in [1.82, 2.24) is 15.3 Å². The number of carbonyl (C=O) groups is 2. The quantitative estimate of drug-likeness (QED) is 0.468. The lowest BCUT2D eigenvalue weighted by Crippen LogP contribution is -2.50. The molecule has 140 valence electrons. The van der Waals surface area contributed by atoms with Crippen LogP contribution in [0.1, 0.15) is 30.6 Å². The first-order valence-electron chi connectivity index (χ1n) is 8.47. The monoisotopic (exact) mass is 376 g/mol. The summed E-state index contributed by atoms with van der Waals surface area (Å²) >= 11 is 5.37. The fourth-order valence-electron chi connectivity index (χ4n) is 2.48. The molecule has 2 amide bonds. The Hall–Kier alpha value is -2.61. The van der Waals surface area contributed by atoms with Crippen LogP contribution in [0.2, 0.25) is 0 Å². The average Bonchev–Trinajstić information content (AvgIpc) is 3.10. The van der Waals surface area contributed by atoms with E-state index in [0.29, 0.717) is 42.6 Å². The van der Waals surface area contributed by atoms with E-state index in [9.17, 15) is 9.59 Å². The van der Waals surface area contributed by atoms with Crippen molar-refractivity contribution in [3.05, 3.63) is 42.0 Å². The Morgan fingerprint density at radius 3 is 2.73 bits per heavy atom. The Kier molecular flexibility index (Phi) is 6.97. The zero-order valence-corrected chi connectivity index (χ0v) is 15.9. The van der Waals surface area contributed by atoms with Gasteiger partial charge in [0.25, 0.3) is 0 Å². The zero-order valence-electron chi connectivity index (χ0n) is 15.1. The van der Waals surface area contributed by atoms with Crippen molar-refractivity contribution in [2.45, 2.75) is 20.3 Å². The van der Waals surface area contributed by atoms with E-state index in [1.165, 1.54) is 0 Å². The minimum atomic E-state index is -0.420. The predicted octanol–water partition coefficient (Wildman–Crippen LogP) is 2.77. The summed E-state index contributed by atoms with van der Waals surface area (Å²) in [6.45, 7) is 9.57. The minimum Gasteiger partial charge on any atom is -0.462 e. The third-order valence-electron chi connectivity index (χ3n) is 3.67. The van der Waals surface area contributed by atoms with Crippen molar-refractivity contribution >= 4 is 35.0 Å². The van der Waals surface area contributed by atoms with Gasteiger partial charge in [0.1, 0.15) is 0 Å². The molecule has 0 bridgehead atoms. The number of amides is 2. The highest BCUT2D eigenvalue weighted by Gasteiger charge is 2.28. The van der Waals surface area contributed by atoms with Gasteiger partial charge in [-0.2, -0.15) is 0 Å². The van der Waals surface area contributed by atoms with E-state index in [-0.39, 0.29) is 6.03 Å². The number of anilines is 1. The van der Waals surface area contributed by atoms with Crippen LogP contribution in [-0.2, 0) is 4.74 Å². The molecule has 1 aliphatic rings. The first kappa shape index (κ1) is 19.7. The molecule has 1 saturated heterocycles. The van der Waals surface area contributed by atoms with Crippen LogP contribution < -0.4 is 10.6 Å². The Bertz CT molecular complexity index is 707. The smallest absolute Gasteiger partial charge is 0.340 e. The number of ether oxygens (including phenoxy) is 1. The molecular weight excluding hydrogens is 352 g/mol. The molecule has 0 atom stereocenters. The SMILES string of the molecule is C=C(C)CNC(=S)N1CCCN1C(=O)Nc1cccc(C(=O)OCC)c1. The number of hydrazine groups is 1. The van der Waals surface area contributed by atoms with Crippen molar-refractivity contribution in [1.29, 1.82) is 0 Å². The van der Waals surface area contributed by atoms with Crippen LogP contribution in [0, 0.1) is 0 Å². The average molecular weight is 376 g/mol. The van der Waals surface area contributed by atoms with Crippen molar-refractivity contribution in [2.24, 2.45) is 0 Å². The van der Waals surface area contributed by atoms with E-state index in [1.807, 2.05) is 6.92 Å². The van der Waals surface area contributed by atoms with Crippen molar-refractivity contribution in [3.8, 4) is 0 Å². The number of nitrogens with one attached hydrogen (secondary N) is 2. The molecule has 26 heavy (non-hydrogen) atoms. The molecule has 2 N–H and O–H groups in total. The number of hydrogen-bond donors (Lipinski definition) is 2. The van der Waals surface area contributed by atoms with Gasteiger partial charge in [0.05, 0.1) is 12.2 Å². The van der Waals surface area contributed by atoms with Crippen molar-refractivity contribution < 1.29 is 14.3 Å². The Labute approximate surface area is 159 Å². The van der Waals surface area contributed by atoms with Crippen molar-refractivity contribution in [2.75, 3.05) is 31.6 Å². The van der Waals surface area contributed by atoms with E-state index in [4.69, 9.17) is 17.0 Å². The van der Waals surface area contributed by atoms with Crippen LogP contribution in [0.25, 0.3) is 0 Å². The molecule has 0 aliphatic carbocycles. The number of esters is 1. The topological polar surface area (TPSA) is 73.9 Å². The summed E-state index contributed by atoms with van der Waals surface area (Å²) in [5, 5.41) is 9.68. The molecule has 2 rings (SSSR count). The molecule has 0 radical (unpaired) electrons. The molecule has 1 aliphatic heterocycles. The molecule has 1 heterocycles. The molecule has 1 aromatic carbocycles. The second-order valence-electron chi connectivity index (χ2n) is 5.95. The van der Waals surface area contributed by atoms with Crippen LogP contribution >= 0.6 is 12.2 Å². The largest absolute Gasteiger partial charge is 0.462 e. The maximum atomic E-state index is 12.6. The number of rotatable bonds is 5. The highest BCUT2D eigenvalue weighted by Crippen LogP contribution is 2.16. The molecule has 8 heteroatoms. The summed E-state index contributed by atoms with van der Waals surface area (Å²) in [6.07, 6.45) is 0.825. The number of urea groups is 1. The molecule has 0 spiro atoms. The van der Waals surface area contributed by atoms with E-state index in [0.717, 1.165) is 12.0 Å². The van der Waals surface area contributed by atoms with E-state index in [1.54, 1.807) is 41.2 Å². The summed E-state index contributed by atoms with van der Waals surface area (Å²) < 4.78 is 4.98. The summed E-state index contributed by atoms with van der Waals surface area (Å²) in [6, 6.07) is 6.35. The standard InChI is InChI=1S/C18H24N4O3S/c1-4-25-16(23)14-7-5-8-15(11-14)20-17(24)21-9-6-10-22(21)18(26)19-12-13(2)3/h5,7-8,11H,2,4,6,9-10,12H2,1,3H3,(H,19,26)(H,20,24). The fourth-order valence-corrected chi connectivity index (χ4v) is 2.74. The van der Waals surface area contributed by atoms with Crippen LogP contribution in [0.3, 0.4) is 0 Å². The summed E-state index contributed by atoms with van der Waals surface area (Å²) in [7, 11) is 0. The maximum Gasteiger partial charge on any atom is 0.340 e. The second kappa shape index (κ2) is 9.19. The van der Waals surface area contributed by atoms with Gasteiger partial charge in [0.15, 0.2) is 5.11 Å². The summed E-state index contributed by atoms with van der Waals surface area (Å²) in [5.41, 5.74) is 1.87. The third kappa shape index (κ3) is 5.19. The Morgan fingerprint density at radius 2 is 2.04 bits per heavy atom. The first-order chi connectivity index (χ1) is 12.4. The van der Waals surface area contributed by atoms with Crippen LogP contribution in [0.4, 0.5) is 10.5 Å².